The Morgan fingerprint density at radius 1 is 1.58 bits per heavy atom. The van der Waals surface area contributed by atoms with Gasteiger partial charge in [-0.25, -0.2) is 0 Å². The summed E-state index contributed by atoms with van der Waals surface area (Å²) in [6, 6.07) is 2.16. The number of hydrogen-bond acceptors (Lipinski definition) is 4. The number of aliphatic hydroxyl groups is 1. The van der Waals surface area contributed by atoms with E-state index in [1.807, 2.05) is 0 Å². The van der Waals surface area contributed by atoms with Crippen molar-refractivity contribution in [2.75, 3.05) is 26.3 Å². The number of nitrogens with zero attached hydrogens (tertiary/aromatic N) is 1. The Morgan fingerprint density at radius 3 is 3.26 bits per heavy atom. The molecule has 0 radical (unpaired) electrons. The van der Waals surface area contributed by atoms with Gasteiger partial charge < -0.3 is 9.84 Å². The normalized spacial score (nSPS) is 20.0. The van der Waals surface area contributed by atoms with E-state index in [1.54, 1.807) is 11.3 Å². The summed E-state index contributed by atoms with van der Waals surface area (Å²) in [5.41, 5.74) is 1.06. The van der Waals surface area contributed by atoms with Crippen LogP contribution in [0.1, 0.15) is 30.2 Å². The summed E-state index contributed by atoms with van der Waals surface area (Å²) in [4.78, 5) is 3.80. The first-order chi connectivity index (χ1) is 9.31. The zero-order valence-corrected chi connectivity index (χ0v) is 12.2. The van der Waals surface area contributed by atoms with Gasteiger partial charge in [0.2, 0.25) is 0 Å². The molecule has 1 saturated heterocycles. The maximum absolute atomic E-state index is 8.70. The lowest BCUT2D eigenvalue weighted by Gasteiger charge is -2.32. The molecular formula is C15H21NO2S. The highest BCUT2D eigenvalue weighted by Gasteiger charge is 2.19. The van der Waals surface area contributed by atoms with Crippen LogP contribution in [0.4, 0.5) is 0 Å². The smallest absolute Gasteiger partial charge is 0.0700 e. The van der Waals surface area contributed by atoms with Crippen LogP contribution in [0.5, 0.6) is 0 Å². The van der Waals surface area contributed by atoms with Crippen LogP contribution in [0.3, 0.4) is 0 Å². The Bertz CT molecular complexity index is 446. The summed E-state index contributed by atoms with van der Waals surface area (Å²) in [5.74, 6) is 6.04. The van der Waals surface area contributed by atoms with Crippen LogP contribution >= 0.6 is 11.3 Å². The molecule has 2 rings (SSSR count). The molecule has 0 bridgehead atoms. The highest BCUT2D eigenvalue weighted by molar-refractivity contribution is 7.10. The summed E-state index contributed by atoms with van der Waals surface area (Å²) < 4.78 is 5.68. The van der Waals surface area contributed by atoms with Crippen molar-refractivity contribution >= 4 is 11.3 Å². The fraction of sp³-hybridized carbons (Fsp3) is 0.600. The molecule has 0 saturated carbocycles. The van der Waals surface area contributed by atoms with E-state index in [2.05, 4.69) is 35.1 Å². The minimum absolute atomic E-state index is 0.135. The van der Waals surface area contributed by atoms with Gasteiger partial charge in [-0.3, -0.25) is 4.90 Å². The van der Waals surface area contributed by atoms with Gasteiger partial charge in [-0.15, -0.1) is 11.3 Å². The van der Waals surface area contributed by atoms with Gasteiger partial charge >= 0.3 is 0 Å². The predicted octanol–water partition coefficient (Wildman–Crippen LogP) is 2.09. The Labute approximate surface area is 119 Å². The third kappa shape index (κ3) is 4.63. The molecule has 1 aromatic heterocycles. The molecule has 1 aromatic rings. The zero-order valence-electron chi connectivity index (χ0n) is 11.4. The predicted molar refractivity (Wildman–Crippen MR) is 78.2 cm³/mol. The number of thiophene rings is 1. The number of morpholine rings is 1. The first-order valence-corrected chi connectivity index (χ1v) is 7.71. The van der Waals surface area contributed by atoms with Crippen molar-refractivity contribution in [3.8, 4) is 11.8 Å². The van der Waals surface area contributed by atoms with E-state index in [0.717, 1.165) is 38.2 Å². The molecule has 0 aromatic carbocycles. The minimum Gasteiger partial charge on any atom is -0.395 e. The highest BCUT2D eigenvalue weighted by Crippen LogP contribution is 2.18. The van der Waals surface area contributed by atoms with Crippen LogP contribution in [-0.2, 0) is 11.3 Å². The fourth-order valence-corrected chi connectivity index (χ4v) is 3.00. The number of rotatable bonds is 4. The Hall–Kier alpha value is -0.860. The Morgan fingerprint density at radius 2 is 2.47 bits per heavy atom. The molecule has 1 aliphatic heterocycles. The first kappa shape index (κ1) is 14.5. The van der Waals surface area contributed by atoms with Crippen molar-refractivity contribution in [1.82, 2.24) is 4.90 Å². The number of ether oxygens (including phenoxy) is 1. The van der Waals surface area contributed by atoms with E-state index in [0.29, 0.717) is 12.5 Å². The fourth-order valence-electron chi connectivity index (χ4n) is 2.14. The van der Waals surface area contributed by atoms with E-state index in [1.165, 1.54) is 4.88 Å². The van der Waals surface area contributed by atoms with Crippen LogP contribution in [0, 0.1) is 11.8 Å². The van der Waals surface area contributed by atoms with E-state index >= 15 is 0 Å². The quantitative estimate of drug-likeness (QED) is 0.857. The van der Waals surface area contributed by atoms with Gasteiger partial charge in [-0.1, -0.05) is 18.8 Å². The van der Waals surface area contributed by atoms with Crippen molar-refractivity contribution in [2.45, 2.75) is 32.4 Å². The summed E-state index contributed by atoms with van der Waals surface area (Å²) >= 11 is 1.76. The standard InChI is InChI=1S/C15H21NO2S/c1-2-14-10-16(6-8-18-14)11-15-9-13(12-19-15)5-3-4-7-17/h9,12,14,17H,2,4,6-8,10-11H2,1H3. The molecule has 0 spiro atoms. The van der Waals surface area contributed by atoms with Gasteiger partial charge in [0.1, 0.15) is 0 Å². The van der Waals surface area contributed by atoms with Crippen LogP contribution < -0.4 is 0 Å². The van der Waals surface area contributed by atoms with Gasteiger partial charge in [0.05, 0.1) is 19.3 Å². The molecule has 1 unspecified atom stereocenters. The van der Waals surface area contributed by atoms with Crippen LogP contribution in [-0.4, -0.2) is 42.4 Å². The second kappa shape index (κ2) is 7.66. The minimum atomic E-state index is 0.135. The largest absolute Gasteiger partial charge is 0.395 e. The second-order valence-corrected chi connectivity index (χ2v) is 5.71. The third-order valence-corrected chi connectivity index (χ3v) is 4.10. The molecule has 1 atom stereocenters. The van der Waals surface area contributed by atoms with Crippen LogP contribution in [0.25, 0.3) is 0 Å². The van der Waals surface area contributed by atoms with Crippen molar-refractivity contribution in [3.63, 3.8) is 0 Å². The van der Waals surface area contributed by atoms with Crippen molar-refractivity contribution in [3.05, 3.63) is 21.9 Å². The number of hydrogen-bond donors (Lipinski definition) is 1. The molecule has 4 heteroatoms. The van der Waals surface area contributed by atoms with Crippen LogP contribution in [0.15, 0.2) is 11.4 Å². The summed E-state index contributed by atoms with van der Waals surface area (Å²) in [7, 11) is 0. The third-order valence-electron chi connectivity index (χ3n) is 3.18. The van der Waals surface area contributed by atoms with E-state index in [4.69, 9.17) is 9.84 Å². The first-order valence-electron chi connectivity index (χ1n) is 6.83. The SMILES string of the molecule is CCC1CN(Cc2cc(C#CCCO)cs2)CCO1. The molecular weight excluding hydrogens is 258 g/mol. The van der Waals surface area contributed by atoms with Gasteiger partial charge in [-0.05, 0) is 12.5 Å². The van der Waals surface area contributed by atoms with Gasteiger partial charge in [-0.2, -0.15) is 0 Å². The van der Waals surface area contributed by atoms with Gasteiger partial charge in [0.25, 0.3) is 0 Å². The topological polar surface area (TPSA) is 32.7 Å². The van der Waals surface area contributed by atoms with Gasteiger partial charge in [0.15, 0.2) is 0 Å². The lowest BCUT2D eigenvalue weighted by molar-refractivity contribution is -0.0321. The van der Waals surface area contributed by atoms with Crippen molar-refractivity contribution in [1.29, 1.82) is 0 Å². The molecule has 3 nitrogen and oxygen atoms in total. The lowest BCUT2D eigenvalue weighted by atomic mass is 10.2. The molecule has 0 aliphatic carbocycles. The molecule has 1 aliphatic rings. The maximum atomic E-state index is 8.70. The molecule has 19 heavy (non-hydrogen) atoms. The molecule has 1 fully saturated rings. The maximum Gasteiger partial charge on any atom is 0.0700 e. The summed E-state index contributed by atoms with van der Waals surface area (Å²) in [6.45, 7) is 6.18. The molecule has 104 valence electrons. The van der Waals surface area contributed by atoms with Crippen molar-refractivity contribution in [2.24, 2.45) is 0 Å². The highest BCUT2D eigenvalue weighted by atomic mass is 32.1. The lowest BCUT2D eigenvalue weighted by Crippen LogP contribution is -2.41. The average Bonchev–Trinajstić information content (AvgIpc) is 2.87. The zero-order chi connectivity index (χ0) is 13.5. The summed E-state index contributed by atoms with van der Waals surface area (Å²) in [6.07, 6.45) is 2.02. The van der Waals surface area contributed by atoms with E-state index in [9.17, 15) is 0 Å². The Balaban J connectivity index is 1.87. The average molecular weight is 279 g/mol. The summed E-state index contributed by atoms with van der Waals surface area (Å²) in [5, 5.41) is 10.8. The van der Waals surface area contributed by atoms with E-state index in [-0.39, 0.29) is 6.61 Å². The van der Waals surface area contributed by atoms with Crippen LogP contribution in [0.2, 0.25) is 0 Å². The molecule has 0 amide bonds. The monoisotopic (exact) mass is 279 g/mol. The van der Waals surface area contributed by atoms with Crippen molar-refractivity contribution < 1.29 is 9.84 Å². The molecule has 2 heterocycles. The second-order valence-electron chi connectivity index (χ2n) is 4.71. The number of aliphatic hydroxyl groups excluding tert-OH is 1. The van der Waals surface area contributed by atoms with E-state index < -0.39 is 0 Å². The molecule has 1 N–H and O–H groups in total. The Kier molecular flexibility index (Phi) is 5.87. The van der Waals surface area contributed by atoms with Gasteiger partial charge in [0, 0.05) is 41.9 Å².